The highest BCUT2D eigenvalue weighted by Crippen LogP contribution is 2.31. The molecule has 31 heavy (non-hydrogen) atoms. The molecule has 0 spiro atoms. The van der Waals surface area contributed by atoms with Gasteiger partial charge in [-0.15, -0.1) is 11.3 Å². The highest BCUT2D eigenvalue weighted by Gasteiger charge is 2.16. The summed E-state index contributed by atoms with van der Waals surface area (Å²) in [5, 5.41) is 6.01. The third-order valence-corrected chi connectivity index (χ3v) is 5.44. The number of halogens is 2. The van der Waals surface area contributed by atoms with Crippen LogP contribution in [0.2, 0.25) is 10.0 Å². The molecule has 1 N–H and O–H groups in total. The lowest BCUT2D eigenvalue weighted by atomic mass is 10.1. The first kappa shape index (κ1) is 23.4. The normalized spacial score (nSPS) is 11.3. The Labute approximate surface area is 196 Å². The number of rotatable bonds is 7. The number of carbonyl (C=O) groups excluding carboxylic acids is 1. The fraction of sp³-hybridized carbons (Fsp3) is 0.304. The molecule has 8 heteroatoms. The Balaban J connectivity index is 1.65. The third-order valence-electron chi connectivity index (χ3n) is 4.16. The lowest BCUT2D eigenvalue weighted by Gasteiger charge is -2.23. The van der Waals surface area contributed by atoms with Crippen molar-refractivity contribution in [2.75, 3.05) is 11.9 Å². The molecule has 1 aromatic heterocycles. The predicted octanol–water partition coefficient (Wildman–Crippen LogP) is 6.87. The molecule has 0 radical (unpaired) electrons. The molecule has 0 aliphatic heterocycles. The van der Waals surface area contributed by atoms with Crippen LogP contribution in [0.25, 0.3) is 11.3 Å². The molecule has 0 fully saturated rings. The Morgan fingerprint density at radius 3 is 2.55 bits per heavy atom. The van der Waals surface area contributed by atoms with Gasteiger partial charge in [0.1, 0.15) is 17.1 Å². The highest BCUT2D eigenvalue weighted by atomic mass is 35.5. The van der Waals surface area contributed by atoms with Gasteiger partial charge >= 0.3 is 0 Å². The zero-order valence-electron chi connectivity index (χ0n) is 17.8. The summed E-state index contributed by atoms with van der Waals surface area (Å²) in [7, 11) is 0. The van der Waals surface area contributed by atoms with Gasteiger partial charge in [-0.1, -0.05) is 30.1 Å². The molecule has 3 rings (SSSR count). The van der Waals surface area contributed by atoms with Crippen molar-refractivity contribution in [3.63, 3.8) is 0 Å². The number of aromatic nitrogens is 1. The van der Waals surface area contributed by atoms with Crippen LogP contribution < -0.4 is 14.8 Å². The second kappa shape index (κ2) is 9.90. The summed E-state index contributed by atoms with van der Waals surface area (Å²) in [5.41, 5.74) is 2.61. The summed E-state index contributed by atoms with van der Waals surface area (Å²) in [5.74, 6) is 0.946. The Morgan fingerprint density at radius 1 is 1.13 bits per heavy atom. The molecule has 164 valence electrons. The molecule has 0 aliphatic rings. The molecular weight excluding hydrogens is 455 g/mol. The molecule has 2 aromatic carbocycles. The lowest BCUT2D eigenvalue weighted by Crippen LogP contribution is -2.23. The number of hydrogen-bond donors (Lipinski definition) is 1. The van der Waals surface area contributed by atoms with Gasteiger partial charge in [0.15, 0.2) is 11.7 Å². The first-order chi connectivity index (χ1) is 14.6. The molecule has 0 atom stereocenters. The first-order valence-electron chi connectivity index (χ1n) is 9.80. The van der Waals surface area contributed by atoms with Gasteiger partial charge in [-0.05, 0) is 69.2 Å². The molecule has 0 saturated heterocycles. The topological polar surface area (TPSA) is 60.5 Å². The van der Waals surface area contributed by atoms with Gasteiger partial charge < -0.3 is 9.47 Å². The second-order valence-corrected chi connectivity index (χ2v) is 9.54. The number of anilines is 1. The number of carbonyl (C=O) groups is 1. The van der Waals surface area contributed by atoms with Crippen LogP contribution in [0.4, 0.5) is 5.13 Å². The fourth-order valence-corrected chi connectivity index (χ4v) is 4.00. The minimum Gasteiger partial charge on any atom is -0.488 e. The minimum absolute atomic E-state index is 0.185. The van der Waals surface area contributed by atoms with Crippen molar-refractivity contribution in [3.05, 3.63) is 57.4 Å². The smallest absolute Gasteiger partial charge is 0.264 e. The van der Waals surface area contributed by atoms with Crippen molar-refractivity contribution in [1.29, 1.82) is 0 Å². The van der Waals surface area contributed by atoms with E-state index >= 15 is 0 Å². The summed E-state index contributed by atoms with van der Waals surface area (Å²) >= 11 is 13.3. The van der Waals surface area contributed by atoms with Crippen LogP contribution in [-0.2, 0) is 11.2 Å². The van der Waals surface area contributed by atoms with E-state index in [-0.39, 0.29) is 18.1 Å². The van der Waals surface area contributed by atoms with Crippen molar-refractivity contribution < 1.29 is 14.3 Å². The van der Waals surface area contributed by atoms with Gasteiger partial charge in [-0.2, -0.15) is 0 Å². The summed E-state index contributed by atoms with van der Waals surface area (Å²) < 4.78 is 11.5. The van der Waals surface area contributed by atoms with Crippen molar-refractivity contribution >= 4 is 45.6 Å². The standard InChI is InChI=1S/C23H24Cl2N2O3S/c1-5-14-10-15(6-8-19(14)30-23(2,3)4)18-13-31-22(26-18)27-21(28)12-29-20-9-7-16(24)11-17(20)25/h6-11,13H,5,12H2,1-4H3,(H,26,27,28). The number of nitrogens with zero attached hydrogens (tertiary/aromatic N) is 1. The number of amides is 1. The van der Waals surface area contributed by atoms with Gasteiger partial charge in [-0.25, -0.2) is 4.98 Å². The van der Waals surface area contributed by atoms with Crippen molar-refractivity contribution in [2.45, 2.75) is 39.7 Å². The molecule has 3 aromatic rings. The van der Waals surface area contributed by atoms with Crippen molar-refractivity contribution in [2.24, 2.45) is 0 Å². The third kappa shape index (κ3) is 6.60. The number of nitrogens with one attached hydrogen (secondary N) is 1. The average molecular weight is 479 g/mol. The van der Waals surface area contributed by atoms with E-state index in [9.17, 15) is 4.79 Å². The van der Waals surface area contributed by atoms with Crippen LogP contribution >= 0.6 is 34.5 Å². The van der Waals surface area contributed by atoms with Crippen LogP contribution in [0.3, 0.4) is 0 Å². The first-order valence-corrected chi connectivity index (χ1v) is 11.4. The number of aryl methyl sites for hydroxylation is 1. The average Bonchev–Trinajstić information content (AvgIpc) is 3.15. The Hall–Kier alpha value is -2.28. The highest BCUT2D eigenvalue weighted by molar-refractivity contribution is 7.14. The maximum Gasteiger partial charge on any atom is 0.264 e. The van der Waals surface area contributed by atoms with E-state index in [4.69, 9.17) is 32.7 Å². The van der Waals surface area contributed by atoms with Crippen molar-refractivity contribution in [3.8, 4) is 22.8 Å². The van der Waals surface area contributed by atoms with Gasteiger partial charge in [0, 0.05) is 16.0 Å². The summed E-state index contributed by atoms with van der Waals surface area (Å²) in [4.78, 5) is 16.8. The molecule has 0 unspecified atom stereocenters. The van der Waals surface area contributed by atoms with Crippen LogP contribution in [0.15, 0.2) is 41.8 Å². The van der Waals surface area contributed by atoms with Crippen LogP contribution in [-0.4, -0.2) is 23.1 Å². The van der Waals surface area contributed by atoms with Crippen molar-refractivity contribution in [1.82, 2.24) is 4.98 Å². The molecular formula is C23H24Cl2N2O3S. The van der Waals surface area contributed by atoms with E-state index in [1.54, 1.807) is 18.2 Å². The molecule has 0 saturated carbocycles. The van der Waals surface area contributed by atoms with Crippen LogP contribution in [0.5, 0.6) is 11.5 Å². The maximum atomic E-state index is 12.2. The van der Waals surface area contributed by atoms with E-state index in [0.29, 0.717) is 20.9 Å². The van der Waals surface area contributed by atoms with E-state index in [2.05, 4.69) is 23.3 Å². The van der Waals surface area contributed by atoms with E-state index < -0.39 is 0 Å². The van der Waals surface area contributed by atoms with Crippen LogP contribution in [0, 0.1) is 0 Å². The van der Waals surface area contributed by atoms with Gasteiger partial charge in [0.05, 0.1) is 10.7 Å². The van der Waals surface area contributed by atoms with Crippen LogP contribution in [0.1, 0.15) is 33.3 Å². The maximum absolute atomic E-state index is 12.2. The van der Waals surface area contributed by atoms with Gasteiger partial charge in [0.2, 0.25) is 0 Å². The molecule has 1 amide bonds. The zero-order chi connectivity index (χ0) is 22.6. The number of hydrogen-bond acceptors (Lipinski definition) is 5. The molecule has 0 aliphatic carbocycles. The van der Waals surface area contributed by atoms with E-state index in [0.717, 1.165) is 29.0 Å². The summed E-state index contributed by atoms with van der Waals surface area (Å²) in [6.45, 7) is 7.99. The Kier molecular flexibility index (Phi) is 7.46. The molecule has 0 bridgehead atoms. The summed E-state index contributed by atoms with van der Waals surface area (Å²) in [6.07, 6.45) is 0.845. The monoisotopic (exact) mass is 478 g/mol. The SMILES string of the molecule is CCc1cc(-c2csc(NC(=O)COc3ccc(Cl)cc3Cl)n2)ccc1OC(C)(C)C. The second-order valence-electron chi connectivity index (χ2n) is 7.84. The number of thiazole rings is 1. The van der Waals surface area contributed by atoms with Gasteiger partial charge in [0.25, 0.3) is 5.91 Å². The summed E-state index contributed by atoms with van der Waals surface area (Å²) in [6, 6.07) is 10.9. The molecule has 5 nitrogen and oxygen atoms in total. The largest absolute Gasteiger partial charge is 0.488 e. The van der Waals surface area contributed by atoms with E-state index in [1.165, 1.54) is 11.3 Å². The van der Waals surface area contributed by atoms with Gasteiger partial charge in [-0.3, -0.25) is 10.1 Å². The lowest BCUT2D eigenvalue weighted by molar-refractivity contribution is -0.118. The number of benzene rings is 2. The molecule has 1 heterocycles. The fourth-order valence-electron chi connectivity index (χ4n) is 2.80. The minimum atomic E-state index is -0.324. The predicted molar refractivity (Wildman–Crippen MR) is 128 cm³/mol. The quantitative estimate of drug-likeness (QED) is 0.402. The number of ether oxygens (including phenoxy) is 2. The van der Waals surface area contributed by atoms with E-state index in [1.807, 2.05) is 38.3 Å². The Bertz CT molecular complexity index is 1080. The zero-order valence-corrected chi connectivity index (χ0v) is 20.1. The Morgan fingerprint density at radius 2 is 1.87 bits per heavy atom.